The zero-order chi connectivity index (χ0) is 14.1. The predicted molar refractivity (Wildman–Crippen MR) is 72.8 cm³/mol. The summed E-state index contributed by atoms with van der Waals surface area (Å²) in [5.41, 5.74) is 3.09. The number of anilines is 1. The van der Waals surface area contributed by atoms with Crippen LogP contribution in [0.5, 0.6) is 0 Å². The minimum Gasteiger partial charge on any atom is -0.322 e. The van der Waals surface area contributed by atoms with E-state index < -0.39 is 11.6 Å². The number of rotatable bonds is 2. The fraction of sp³-hybridized carbons (Fsp3) is 0.188. The lowest BCUT2D eigenvalue weighted by molar-refractivity contribution is 0.102. The lowest BCUT2D eigenvalue weighted by Gasteiger charge is -2.07. The number of hydrogen-bond donors (Lipinski definition) is 1. The molecular weight excluding hydrogens is 260 g/mol. The van der Waals surface area contributed by atoms with Crippen LogP contribution in [0.3, 0.4) is 0 Å². The van der Waals surface area contributed by atoms with Gasteiger partial charge >= 0.3 is 0 Å². The molecule has 102 valence electrons. The van der Waals surface area contributed by atoms with Gasteiger partial charge in [-0.05, 0) is 54.7 Å². The Hall–Kier alpha value is -2.23. The van der Waals surface area contributed by atoms with Crippen molar-refractivity contribution in [3.63, 3.8) is 0 Å². The van der Waals surface area contributed by atoms with Crippen molar-refractivity contribution >= 4 is 11.6 Å². The molecule has 0 saturated carbocycles. The maximum atomic E-state index is 13.1. The van der Waals surface area contributed by atoms with Gasteiger partial charge in [-0.2, -0.15) is 0 Å². The highest BCUT2D eigenvalue weighted by Gasteiger charge is 2.14. The van der Waals surface area contributed by atoms with Gasteiger partial charge in [-0.3, -0.25) is 4.79 Å². The molecule has 1 N–H and O–H groups in total. The number of carbonyl (C=O) groups is 1. The van der Waals surface area contributed by atoms with Gasteiger partial charge in [-0.1, -0.05) is 6.07 Å². The van der Waals surface area contributed by atoms with Crippen LogP contribution in [0.25, 0.3) is 0 Å². The van der Waals surface area contributed by atoms with Gasteiger partial charge in [0.15, 0.2) is 0 Å². The zero-order valence-electron chi connectivity index (χ0n) is 10.7. The van der Waals surface area contributed by atoms with Gasteiger partial charge in [-0.25, -0.2) is 8.78 Å². The number of benzene rings is 2. The number of fused-ring (bicyclic) bond motifs is 1. The molecule has 0 atom stereocenters. The normalized spacial score (nSPS) is 13.1. The van der Waals surface area contributed by atoms with Crippen molar-refractivity contribution in [3.05, 3.63) is 64.7 Å². The summed E-state index contributed by atoms with van der Waals surface area (Å²) in [5, 5.41) is 2.51. The molecule has 0 fully saturated rings. The lowest BCUT2D eigenvalue weighted by Crippen LogP contribution is -2.12. The molecule has 4 heteroatoms. The Morgan fingerprint density at radius 1 is 0.950 bits per heavy atom. The summed E-state index contributed by atoms with van der Waals surface area (Å²) in [6.07, 6.45) is 3.13. The van der Waals surface area contributed by atoms with E-state index in [1.807, 2.05) is 12.1 Å². The third-order valence-electron chi connectivity index (χ3n) is 3.48. The Labute approximate surface area is 115 Å². The highest BCUT2D eigenvalue weighted by atomic mass is 19.1. The van der Waals surface area contributed by atoms with Crippen LogP contribution in [0, 0.1) is 11.6 Å². The van der Waals surface area contributed by atoms with Crippen LogP contribution < -0.4 is 5.32 Å². The molecule has 0 unspecified atom stereocenters. The second-order valence-corrected chi connectivity index (χ2v) is 4.95. The Morgan fingerprint density at radius 2 is 1.65 bits per heavy atom. The first-order chi connectivity index (χ1) is 9.61. The number of halogens is 2. The largest absolute Gasteiger partial charge is 0.322 e. The van der Waals surface area contributed by atoms with Gasteiger partial charge in [-0.15, -0.1) is 0 Å². The van der Waals surface area contributed by atoms with E-state index in [0.29, 0.717) is 5.56 Å². The summed E-state index contributed by atoms with van der Waals surface area (Å²) in [4.78, 5) is 12.1. The minimum absolute atomic E-state index is 0.119. The second kappa shape index (κ2) is 5.04. The van der Waals surface area contributed by atoms with Crippen LogP contribution in [0.4, 0.5) is 14.5 Å². The van der Waals surface area contributed by atoms with E-state index in [0.717, 1.165) is 37.5 Å². The highest BCUT2D eigenvalue weighted by molar-refractivity contribution is 6.04. The molecule has 0 saturated heterocycles. The standard InChI is InChI=1S/C16H13F2NO/c17-13-7-14(18)9-15(8-13)19-16(20)12-5-4-10-2-1-3-11(10)6-12/h4-9H,1-3H2,(H,19,20). The van der Waals surface area contributed by atoms with E-state index in [-0.39, 0.29) is 11.6 Å². The predicted octanol–water partition coefficient (Wildman–Crippen LogP) is 3.71. The van der Waals surface area contributed by atoms with Crippen molar-refractivity contribution in [1.29, 1.82) is 0 Å². The van der Waals surface area contributed by atoms with E-state index in [1.165, 1.54) is 11.1 Å². The molecule has 1 aliphatic carbocycles. The first-order valence-corrected chi connectivity index (χ1v) is 6.51. The molecule has 2 nitrogen and oxygen atoms in total. The Kier molecular flexibility index (Phi) is 3.22. The van der Waals surface area contributed by atoms with Crippen LogP contribution in [-0.4, -0.2) is 5.91 Å². The summed E-state index contributed by atoms with van der Waals surface area (Å²) in [7, 11) is 0. The molecule has 0 bridgehead atoms. The van der Waals surface area contributed by atoms with Crippen LogP contribution in [0.1, 0.15) is 27.9 Å². The fourth-order valence-corrected chi connectivity index (χ4v) is 2.54. The van der Waals surface area contributed by atoms with Crippen molar-refractivity contribution in [2.45, 2.75) is 19.3 Å². The molecule has 0 spiro atoms. The topological polar surface area (TPSA) is 29.1 Å². The van der Waals surface area contributed by atoms with Gasteiger partial charge in [0.25, 0.3) is 5.91 Å². The number of carbonyl (C=O) groups excluding carboxylic acids is 1. The van der Waals surface area contributed by atoms with Gasteiger partial charge in [0.2, 0.25) is 0 Å². The third kappa shape index (κ3) is 2.54. The Bertz CT molecular complexity index is 662. The first-order valence-electron chi connectivity index (χ1n) is 6.51. The Balaban J connectivity index is 1.82. The van der Waals surface area contributed by atoms with Crippen LogP contribution in [0.15, 0.2) is 36.4 Å². The first kappa shape index (κ1) is 12.8. The number of hydrogen-bond acceptors (Lipinski definition) is 1. The van der Waals surface area contributed by atoms with Crippen molar-refractivity contribution in [2.75, 3.05) is 5.32 Å². The third-order valence-corrected chi connectivity index (χ3v) is 3.48. The Morgan fingerprint density at radius 3 is 2.40 bits per heavy atom. The van der Waals surface area contributed by atoms with Crippen LogP contribution in [-0.2, 0) is 12.8 Å². The van der Waals surface area contributed by atoms with Crippen molar-refractivity contribution in [3.8, 4) is 0 Å². The van der Waals surface area contributed by atoms with Gasteiger partial charge in [0.05, 0.1) is 0 Å². The molecule has 0 heterocycles. The van der Waals surface area contributed by atoms with E-state index >= 15 is 0 Å². The van der Waals surface area contributed by atoms with Gasteiger partial charge < -0.3 is 5.32 Å². The fourth-order valence-electron chi connectivity index (χ4n) is 2.54. The van der Waals surface area contributed by atoms with Crippen LogP contribution >= 0.6 is 0 Å². The molecule has 0 radical (unpaired) electrons. The minimum atomic E-state index is -0.714. The second-order valence-electron chi connectivity index (χ2n) is 4.95. The van der Waals surface area contributed by atoms with Gasteiger partial charge in [0.1, 0.15) is 11.6 Å². The monoisotopic (exact) mass is 273 g/mol. The highest BCUT2D eigenvalue weighted by Crippen LogP contribution is 2.23. The molecule has 1 amide bonds. The molecule has 2 aromatic carbocycles. The molecule has 3 rings (SSSR count). The van der Waals surface area contributed by atoms with E-state index in [4.69, 9.17) is 0 Å². The molecule has 20 heavy (non-hydrogen) atoms. The summed E-state index contributed by atoms with van der Waals surface area (Å²) >= 11 is 0. The smallest absolute Gasteiger partial charge is 0.255 e. The maximum absolute atomic E-state index is 13.1. The quantitative estimate of drug-likeness (QED) is 0.888. The molecule has 0 aliphatic heterocycles. The molecular formula is C16H13F2NO. The maximum Gasteiger partial charge on any atom is 0.255 e. The average molecular weight is 273 g/mol. The number of amides is 1. The zero-order valence-corrected chi connectivity index (χ0v) is 10.7. The van der Waals surface area contributed by atoms with Crippen molar-refractivity contribution < 1.29 is 13.6 Å². The number of aryl methyl sites for hydroxylation is 2. The summed E-state index contributed by atoms with van der Waals surface area (Å²) < 4.78 is 26.1. The SMILES string of the molecule is O=C(Nc1cc(F)cc(F)c1)c1ccc2c(c1)CCC2. The molecule has 2 aromatic rings. The van der Waals surface area contributed by atoms with Crippen molar-refractivity contribution in [2.24, 2.45) is 0 Å². The van der Waals surface area contributed by atoms with E-state index in [9.17, 15) is 13.6 Å². The summed E-state index contributed by atoms with van der Waals surface area (Å²) in [5.74, 6) is -1.78. The van der Waals surface area contributed by atoms with E-state index in [2.05, 4.69) is 5.32 Å². The van der Waals surface area contributed by atoms with Gasteiger partial charge in [0, 0.05) is 17.3 Å². The number of nitrogens with one attached hydrogen (secondary N) is 1. The lowest BCUT2D eigenvalue weighted by atomic mass is 10.1. The van der Waals surface area contributed by atoms with E-state index in [1.54, 1.807) is 6.07 Å². The average Bonchev–Trinajstić information content (AvgIpc) is 2.84. The molecule has 1 aliphatic rings. The summed E-state index contributed by atoms with van der Waals surface area (Å²) in [6.45, 7) is 0. The van der Waals surface area contributed by atoms with Crippen LogP contribution in [0.2, 0.25) is 0 Å². The summed E-state index contributed by atoms with van der Waals surface area (Å²) in [6, 6.07) is 8.50. The molecule has 0 aromatic heterocycles. The van der Waals surface area contributed by atoms with Crippen molar-refractivity contribution in [1.82, 2.24) is 0 Å².